The Hall–Kier alpha value is -4.61. The number of hydrogen-bond acceptors (Lipinski definition) is 8. The van der Waals surface area contributed by atoms with E-state index in [4.69, 9.17) is 14.2 Å². The van der Waals surface area contributed by atoms with Gasteiger partial charge in [0.15, 0.2) is 0 Å². The van der Waals surface area contributed by atoms with Crippen LogP contribution in [0.3, 0.4) is 0 Å². The molecule has 0 fully saturated rings. The van der Waals surface area contributed by atoms with Crippen molar-refractivity contribution < 1.29 is 28.6 Å². The number of esters is 1. The van der Waals surface area contributed by atoms with Crippen LogP contribution in [0.15, 0.2) is 47.1 Å². The molecule has 0 saturated carbocycles. The molecule has 44 heavy (non-hydrogen) atoms. The molecule has 1 N–H and O–H groups in total. The summed E-state index contributed by atoms with van der Waals surface area (Å²) >= 11 is 3.47. The summed E-state index contributed by atoms with van der Waals surface area (Å²) in [6, 6.07) is 13.4. The Bertz CT molecular complexity index is 1700. The highest BCUT2D eigenvalue weighted by Gasteiger charge is 2.30. The van der Waals surface area contributed by atoms with Gasteiger partial charge in [-0.3, -0.25) is 9.36 Å². The third-order valence-electron chi connectivity index (χ3n) is 6.13. The van der Waals surface area contributed by atoms with Crippen LogP contribution >= 0.6 is 15.9 Å². The van der Waals surface area contributed by atoms with Crippen molar-refractivity contribution >= 4 is 56.5 Å². The Balaban J connectivity index is 2.00. The molecule has 11 heteroatoms. The molecule has 0 aliphatic carbocycles. The Labute approximate surface area is 265 Å². The molecule has 1 aromatic heterocycles. The quantitative estimate of drug-likeness (QED) is 0.200. The lowest BCUT2D eigenvalue weighted by Crippen LogP contribution is -2.46. The van der Waals surface area contributed by atoms with Crippen LogP contribution < -0.4 is 10.1 Å². The van der Waals surface area contributed by atoms with Gasteiger partial charge in [0, 0.05) is 33.6 Å². The largest absolute Gasteiger partial charge is 0.496 e. The maximum Gasteiger partial charge on any atom is 0.408 e. The van der Waals surface area contributed by atoms with Crippen LogP contribution in [-0.2, 0) is 14.3 Å². The van der Waals surface area contributed by atoms with Gasteiger partial charge in [0.2, 0.25) is 5.91 Å². The highest BCUT2D eigenvalue weighted by atomic mass is 79.9. The standard InChI is InChI=1S/C33H35BrN4O6/c1-32(2,3)43-30(40)26(37-31(41)44-33(4,5)6)10-13-29(39)38-19-25(24-16-23(34)9-11-27(24)38)22(18-36)15-21-14-20(17-35)8-12-28(21)42-7/h8-9,11-12,14-16,19,26H,10,13H2,1-7H3,(H,37,41)/b22-15+/t26-/m0/s1. The van der Waals surface area contributed by atoms with Gasteiger partial charge in [-0.1, -0.05) is 15.9 Å². The van der Waals surface area contributed by atoms with Gasteiger partial charge in [-0.05, 0) is 90.4 Å². The number of allylic oxidation sites excluding steroid dienone is 1. The number of nitriles is 2. The van der Waals surface area contributed by atoms with E-state index < -0.39 is 29.3 Å². The van der Waals surface area contributed by atoms with Crippen molar-refractivity contribution in [3.05, 3.63) is 63.8 Å². The summed E-state index contributed by atoms with van der Waals surface area (Å²) in [5.74, 6) is -0.589. The summed E-state index contributed by atoms with van der Waals surface area (Å²) < 4.78 is 18.4. The third-order valence-corrected chi connectivity index (χ3v) is 6.63. The first kappa shape index (κ1) is 33.9. The summed E-state index contributed by atoms with van der Waals surface area (Å²) in [5, 5.41) is 22.7. The van der Waals surface area contributed by atoms with E-state index in [1.807, 2.05) is 0 Å². The topological polar surface area (TPSA) is 143 Å². The number of alkyl carbamates (subject to hydrolysis) is 1. The molecule has 2 aromatic carbocycles. The Morgan fingerprint density at radius 3 is 2.30 bits per heavy atom. The second-order valence-electron chi connectivity index (χ2n) is 12.0. The van der Waals surface area contributed by atoms with E-state index in [2.05, 4.69) is 33.4 Å². The molecule has 0 aliphatic rings. The number of hydrogen-bond donors (Lipinski definition) is 1. The molecule has 0 saturated heterocycles. The Morgan fingerprint density at radius 2 is 1.70 bits per heavy atom. The molecule has 0 bridgehead atoms. The number of amides is 1. The maximum absolute atomic E-state index is 13.6. The van der Waals surface area contributed by atoms with Crippen LogP contribution in [0.4, 0.5) is 4.79 Å². The third kappa shape index (κ3) is 8.95. The number of benzene rings is 2. The molecule has 0 unspecified atom stereocenters. The van der Waals surface area contributed by atoms with Crippen LogP contribution in [0.2, 0.25) is 0 Å². The number of aromatic nitrogens is 1. The highest BCUT2D eigenvalue weighted by Crippen LogP contribution is 2.33. The SMILES string of the molecule is COc1ccc(C#N)cc1/C=C(\C#N)c1cn(C(=O)CC[C@H](NC(=O)OC(C)(C)C)C(=O)OC(C)(C)C)c2ccc(Br)cc12. The van der Waals surface area contributed by atoms with Crippen LogP contribution in [0.5, 0.6) is 5.75 Å². The summed E-state index contributed by atoms with van der Waals surface area (Å²) in [7, 11) is 1.49. The zero-order chi connectivity index (χ0) is 32.8. The van der Waals surface area contributed by atoms with Gasteiger partial charge in [-0.25, -0.2) is 9.59 Å². The molecule has 230 valence electrons. The minimum Gasteiger partial charge on any atom is -0.496 e. The molecule has 3 aromatic rings. The van der Waals surface area contributed by atoms with Crippen molar-refractivity contribution in [2.24, 2.45) is 0 Å². The molecule has 3 rings (SSSR count). The van der Waals surface area contributed by atoms with E-state index >= 15 is 0 Å². The fourth-order valence-corrected chi connectivity index (χ4v) is 4.69. The van der Waals surface area contributed by atoms with E-state index in [1.54, 1.807) is 90.2 Å². The molecule has 10 nitrogen and oxygen atoms in total. The molecule has 1 amide bonds. The van der Waals surface area contributed by atoms with Crippen molar-refractivity contribution in [1.29, 1.82) is 10.5 Å². The summed E-state index contributed by atoms with van der Waals surface area (Å²) in [4.78, 5) is 39.1. The van der Waals surface area contributed by atoms with Gasteiger partial charge in [0.25, 0.3) is 0 Å². The molecule has 0 radical (unpaired) electrons. The van der Waals surface area contributed by atoms with Gasteiger partial charge in [0.1, 0.15) is 23.0 Å². The van der Waals surface area contributed by atoms with E-state index in [9.17, 15) is 24.9 Å². The molecule has 1 heterocycles. The zero-order valence-electron chi connectivity index (χ0n) is 25.8. The summed E-state index contributed by atoms with van der Waals surface area (Å²) in [6.07, 6.45) is 2.17. The number of carbonyl (C=O) groups excluding carboxylic acids is 3. The summed E-state index contributed by atoms with van der Waals surface area (Å²) in [6.45, 7) is 10.2. The number of methoxy groups -OCH3 is 1. The van der Waals surface area contributed by atoms with Crippen LogP contribution in [0.1, 0.15) is 75.9 Å². The van der Waals surface area contributed by atoms with Gasteiger partial charge in [-0.15, -0.1) is 0 Å². The van der Waals surface area contributed by atoms with Crippen LogP contribution in [0, 0.1) is 22.7 Å². The molecule has 1 atom stereocenters. The lowest BCUT2D eigenvalue weighted by atomic mass is 10.0. The number of nitrogens with one attached hydrogen (secondary N) is 1. The Morgan fingerprint density at radius 1 is 1.02 bits per heavy atom. The second-order valence-corrected chi connectivity index (χ2v) is 12.9. The molecule has 0 aliphatic heterocycles. The van der Waals surface area contributed by atoms with Crippen molar-refractivity contribution in [2.75, 3.05) is 7.11 Å². The minimum absolute atomic E-state index is 0.0579. The zero-order valence-corrected chi connectivity index (χ0v) is 27.4. The lowest BCUT2D eigenvalue weighted by Gasteiger charge is -2.26. The Kier molecular flexibility index (Phi) is 10.6. The van der Waals surface area contributed by atoms with Gasteiger partial charge in [-0.2, -0.15) is 10.5 Å². The predicted molar refractivity (Wildman–Crippen MR) is 170 cm³/mol. The van der Waals surface area contributed by atoms with Crippen molar-refractivity contribution in [3.8, 4) is 17.9 Å². The first-order valence-electron chi connectivity index (χ1n) is 13.8. The van der Waals surface area contributed by atoms with E-state index in [0.29, 0.717) is 33.3 Å². The van der Waals surface area contributed by atoms with Gasteiger partial charge >= 0.3 is 12.1 Å². The van der Waals surface area contributed by atoms with Crippen LogP contribution in [-0.4, -0.2) is 46.9 Å². The monoisotopic (exact) mass is 662 g/mol. The number of fused-ring (bicyclic) bond motifs is 1. The van der Waals surface area contributed by atoms with E-state index in [0.717, 1.165) is 4.47 Å². The number of nitrogens with zero attached hydrogens (tertiary/aromatic N) is 3. The normalized spacial score (nSPS) is 12.5. The fraction of sp³-hybridized carbons (Fsp3) is 0.364. The number of ether oxygens (including phenoxy) is 3. The lowest BCUT2D eigenvalue weighted by molar-refractivity contribution is -0.157. The first-order chi connectivity index (χ1) is 20.5. The second kappa shape index (κ2) is 13.8. The molecular formula is C33H35BrN4O6. The van der Waals surface area contributed by atoms with Gasteiger partial charge in [0.05, 0.1) is 35.9 Å². The maximum atomic E-state index is 13.6. The van der Waals surface area contributed by atoms with E-state index in [-0.39, 0.29) is 24.3 Å². The predicted octanol–water partition coefficient (Wildman–Crippen LogP) is 7.00. The number of carbonyl (C=O) groups is 3. The average Bonchev–Trinajstić information content (AvgIpc) is 3.30. The van der Waals surface area contributed by atoms with Crippen molar-refractivity contribution in [1.82, 2.24) is 9.88 Å². The van der Waals surface area contributed by atoms with Gasteiger partial charge < -0.3 is 19.5 Å². The first-order valence-corrected chi connectivity index (χ1v) is 14.6. The smallest absolute Gasteiger partial charge is 0.408 e. The molecule has 0 spiro atoms. The van der Waals surface area contributed by atoms with Crippen molar-refractivity contribution in [3.63, 3.8) is 0 Å². The number of halogens is 1. The van der Waals surface area contributed by atoms with Crippen molar-refractivity contribution in [2.45, 2.75) is 71.6 Å². The highest BCUT2D eigenvalue weighted by molar-refractivity contribution is 9.10. The molecular weight excluding hydrogens is 628 g/mol. The fourth-order valence-electron chi connectivity index (χ4n) is 4.33. The summed E-state index contributed by atoms with van der Waals surface area (Å²) in [5.41, 5.74) is 0.583. The number of rotatable bonds is 8. The van der Waals surface area contributed by atoms with Crippen LogP contribution in [0.25, 0.3) is 22.6 Å². The average molecular weight is 664 g/mol. The minimum atomic E-state index is -1.14. The van der Waals surface area contributed by atoms with E-state index in [1.165, 1.54) is 11.7 Å².